The molecule has 96 valence electrons. The van der Waals surface area contributed by atoms with E-state index in [1.54, 1.807) is 4.90 Å². The number of rotatable bonds is 3. The molecule has 0 radical (unpaired) electrons. The number of aromatic nitrogens is 2. The standard InChI is InChI=1S/C14H13N3OS/c1-2-10-8-12(18)17(9-10)14-15-13(19-16-14)11-6-4-3-5-7-11/h2-7,10H,1,8-9H2. The van der Waals surface area contributed by atoms with Gasteiger partial charge in [0.2, 0.25) is 11.9 Å². The summed E-state index contributed by atoms with van der Waals surface area (Å²) in [6.07, 6.45) is 2.33. The van der Waals surface area contributed by atoms with Crippen LogP contribution in [-0.2, 0) is 4.79 Å². The summed E-state index contributed by atoms with van der Waals surface area (Å²) in [6, 6.07) is 9.87. The van der Waals surface area contributed by atoms with Gasteiger partial charge >= 0.3 is 0 Å². The Hall–Kier alpha value is -2.01. The molecule has 2 aromatic rings. The van der Waals surface area contributed by atoms with Crippen molar-refractivity contribution >= 4 is 23.4 Å². The first-order valence-corrected chi connectivity index (χ1v) is 6.87. The van der Waals surface area contributed by atoms with Crippen LogP contribution in [0.3, 0.4) is 0 Å². The van der Waals surface area contributed by atoms with Crippen molar-refractivity contribution in [2.45, 2.75) is 6.42 Å². The number of anilines is 1. The molecule has 1 atom stereocenters. The summed E-state index contributed by atoms with van der Waals surface area (Å²) in [7, 11) is 0. The second kappa shape index (κ2) is 4.93. The second-order valence-electron chi connectivity index (χ2n) is 4.47. The minimum Gasteiger partial charge on any atom is -0.279 e. The largest absolute Gasteiger partial charge is 0.279 e. The van der Waals surface area contributed by atoms with Crippen LogP contribution >= 0.6 is 11.5 Å². The molecule has 0 spiro atoms. The average molecular weight is 271 g/mol. The SMILES string of the molecule is C=CC1CC(=O)N(c2nsc(-c3ccccc3)n2)C1. The summed E-state index contributed by atoms with van der Waals surface area (Å²) in [5, 5.41) is 0.838. The fraction of sp³-hybridized carbons (Fsp3) is 0.214. The maximum absolute atomic E-state index is 11.9. The van der Waals surface area contributed by atoms with E-state index in [1.807, 2.05) is 36.4 Å². The third-order valence-electron chi connectivity index (χ3n) is 3.17. The lowest BCUT2D eigenvalue weighted by Crippen LogP contribution is -2.25. The molecule has 1 amide bonds. The molecule has 2 heterocycles. The molecular formula is C14H13N3OS. The van der Waals surface area contributed by atoms with Crippen molar-refractivity contribution < 1.29 is 4.79 Å². The summed E-state index contributed by atoms with van der Waals surface area (Å²) in [6.45, 7) is 4.37. The van der Waals surface area contributed by atoms with Crippen LogP contribution in [0.5, 0.6) is 0 Å². The van der Waals surface area contributed by atoms with Gasteiger partial charge in [-0.25, -0.2) is 0 Å². The Morgan fingerprint density at radius 3 is 2.84 bits per heavy atom. The van der Waals surface area contributed by atoms with Crippen LogP contribution in [0.15, 0.2) is 43.0 Å². The molecule has 4 nitrogen and oxygen atoms in total. The average Bonchev–Trinajstić information content (AvgIpc) is 3.06. The van der Waals surface area contributed by atoms with Crippen LogP contribution in [0.25, 0.3) is 10.6 Å². The summed E-state index contributed by atoms with van der Waals surface area (Å²) >= 11 is 1.32. The number of nitrogens with zero attached hydrogens (tertiary/aromatic N) is 3. The van der Waals surface area contributed by atoms with Crippen LogP contribution in [0.1, 0.15) is 6.42 Å². The first-order valence-electron chi connectivity index (χ1n) is 6.10. The Morgan fingerprint density at radius 1 is 1.37 bits per heavy atom. The predicted molar refractivity (Wildman–Crippen MR) is 76.0 cm³/mol. The van der Waals surface area contributed by atoms with Crippen molar-refractivity contribution in [1.29, 1.82) is 0 Å². The van der Waals surface area contributed by atoms with E-state index in [-0.39, 0.29) is 11.8 Å². The van der Waals surface area contributed by atoms with Crippen molar-refractivity contribution in [1.82, 2.24) is 9.36 Å². The molecule has 1 saturated heterocycles. The molecule has 5 heteroatoms. The lowest BCUT2D eigenvalue weighted by Gasteiger charge is -2.10. The Morgan fingerprint density at radius 2 is 2.16 bits per heavy atom. The van der Waals surface area contributed by atoms with Crippen LogP contribution < -0.4 is 4.90 Å². The van der Waals surface area contributed by atoms with E-state index >= 15 is 0 Å². The molecule has 19 heavy (non-hydrogen) atoms. The lowest BCUT2D eigenvalue weighted by molar-refractivity contribution is -0.117. The number of hydrogen-bond acceptors (Lipinski definition) is 4. The van der Waals surface area contributed by atoms with E-state index in [0.29, 0.717) is 18.9 Å². The zero-order valence-electron chi connectivity index (χ0n) is 10.3. The maximum Gasteiger partial charge on any atom is 0.244 e. The molecule has 1 aromatic heterocycles. The molecule has 1 aliphatic heterocycles. The smallest absolute Gasteiger partial charge is 0.244 e. The highest BCUT2D eigenvalue weighted by Gasteiger charge is 2.31. The van der Waals surface area contributed by atoms with E-state index in [4.69, 9.17) is 0 Å². The van der Waals surface area contributed by atoms with Gasteiger partial charge in [-0.05, 0) is 11.5 Å². The molecule has 1 unspecified atom stereocenters. The third-order valence-corrected chi connectivity index (χ3v) is 3.92. The highest BCUT2D eigenvalue weighted by molar-refractivity contribution is 7.09. The lowest BCUT2D eigenvalue weighted by atomic mass is 10.1. The first kappa shape index (κ1) is 12.0. The monoisotopic (exact) mass is 271 g/mol. The molecule has 0 bridgehead atoms. The van der Waals surface area contributed by atoms with Crippen molar-refractivity contribution in [2.24, 2.45) is 5.92 Å². The van der Waals surface area contributed by atoms with Crippen molar-refractivity contribution in [2.75, 3.05) is 11.4 Å². The van der Waals surface area contributed by atoms with Gasteiger partial charge in [0.15, 0.2) is 0 Å². The zero-order valence-corrected chi connectivity index (χ0v) is 11.1. The Labute approximate surface area is 115 Å². The van der Waals surface area contributed by atoms with Gasteiger partial charge in [0.05, 0.1) is 0 Å². The highest BCUT2D eigenvalue weighted by Crippen LogP contribution is 2.28. The summed E-state index contributed by atoms with van der Waals surface area (Å²) in [5.41, 5.74) is 1.03. The van der Waals surface area contributed by atoms with Crippen molar-refractivity contribution in [3.63, 3.8) is 0 Å². The molecule has 3 rings (SSSR count). The van der Waals surface area contributed by atoms with E-state index in [0.717, 1.165) is 10.6 Å². The van der Waals surface area contributed by atoms with Gasteiger partial charge in [0, 0.05) is 24.4 Å². The van der Waals surface area contributed by atoms with Gasteiger partial charge in [-0.1, -0.05) is 36.4 Å². The number of benzene rings is 1. The molecular weight excluding hydrogens is 258 g/mol. The topological polar surface area (TPSA) is 46.1 Å². The van der Waals surface area contributed by atoms with Gasteiger partial charge in [0.1, 0.15) is 5.01 Å². The fourth-order valence-electron chi connectivity index (χ4n) is 2.11. The second-order valence-corrected chi connectivity index (χ2v) is 5.22. The third kappa shape index (κ3) is 2.29. The number of amides is 1. The minimum absolute atomic E-state index is 0.0716. The van der Waals surface area contributed by atoms with Crippen LogP contribution in [0.2, 0.25) is 0 Å². The van der Waals surface area contributed by atoms with E-state index in [2.05, 4.69) is 15.9 Å². The number of carbonyl (C=O) groups excluding carboxylic acids is 1. The van der Waals surface area contributed by atoms with Gasteiger partial charge in [0.25, 0.3) is 0 Å². The Bertz CT molecular complexity index is 608. The minimum atomic E-state index is 0.0716. The maximum atomic E-state index is 11.9. The highest BCUT2D eigenvalue weighted by atomic mass is 32.1. The number of hydrogen-bond donors (Lipinski definition) is 0. The van der Waals surface area contributed by atoms with Gasteiger partial charge < -0.3 is 0 Å². The molecule has 1 aromatic carbocycles. The molecule has 1 fully saturated rings. The Kier molecular flexibility index (Phi) is 3.13. The summed E-state index contributed by atoms with van der Waals surface area (Å²) < 4.78 is 4.30. The summed E-state index contributed by atoms with van der Waals surface area (Å²) in [5.74, 6) is 0.789. The van der Waals surface area contributed by atoms with Crippen LogP contribution in [-0.4, -0.2) is 21.8 Å². The first-order chi connectivity index (χ1) is 9.28. The fourth-order valence-corrected chi connectivity index (χ4v) is 2.78. The quantitative estimate of drug-likeness (QED) is 0.806. The van der Waals surface area contributed by atoms with Gasteiger partial charge in [-0.3, -0.25) is 9.69 Å². The normalized spacial score (nSPS) is 18.8. The molecule has 1 aliphatic rings. The summed E-state index contributed by atoms with van der Waals surface area (Å²) in [4.78, 5) is 18.0. The van der Waals surface area contributed by atoms with Gasteiger partial charge in [-0.15, -0.1) is 6.58 Å². The molecule has 0 N–H and O–H groups in total. The molecule has 0 saturated carbocycles. The Balaban J connectivity index is 1.86. The number of carbonyl (C=O) groups is 1. The molecule has 0 aliphatic carbocycles. The van der Waals surface area contributed by atoms with Gasteiger partial charge in [-0.2, -0.15) is 9.36 Å². The van der Waals surface area contributed by atoms with Crippen LogP contribution in [0.4, 0.5) is 5.95 Å². The van der Waals surface area contributed by atoms with Crippen LogP contribution in [0, 0.1) is 5.92 Å². The van der Waals surface area contributed by atoms with E-state index in [9.17, 15) is 4.79 Å². The van der Waals surface area contributed by atoms with Crippen molar-refractivity contribution in [3.05, 3.63) is 43.0 Å². The van der Waals surface area contributed by atoms with E-state index < -0.39 is 0 Å². The van der Waals surface area contributed by atoms with E-state index in [1.165, 1.54) is 11.5 Å². The predicted octanol–water partition coefficient (Wildman–Crippen LogP) is 2.74. The zero-order chi connectivity index (χ0) is 13.2. The van der Waals surface area contributed by atoms with Crippen molar-refractivity contribution in [3.8, 4) is 10.6 Å².